The van der Waals surface area contributed by atoms with Crippen molar-refractivity contribution in [2.75, 3.05) is 4.72 Å². The zero-order valence-electron chi connectivity index (χ0n) is 9.70. The number of rotatable bonds is 3. The minimum atomic E-state index is -4.01. The number of benzene rings is 2. The summed E-state index contributed by atoms with van der Waals surface area (Å²) in [6.45, 7) is 0. The summed E-state index contributed by atoms with van der Waals surface area (Å²) >= 11 is 12.1. The Morgan fingerprint density at radius 2 is 1.80 bits per heavy atom. The van der Waals surface area contributed by atoms with Gasteiger partial charge in [0.15, 0.2) is 0 Å². The van der Waals surface area contributed by atoms with E-state index < -0.39 is 20.7 Å². The van der Waals surface area contributed by atoms with Gasteiger partial charge in [0.2, 0.25) is 0 Å². The Morgan fingerprint density at radius 1 is 1.10 bits per heavy atom. The van der Waals surface area contributed by atoms with Crippen LogP contribution in [0, 0.1) is 5.82 Å². The molecule has 3 nitrogen and oxygen atoms in total. The number of anilines is 1. The van der Waals surface area contributed by atoms with Gasteiger partial charge in [-0.15, -0.1) is 0 Å². The van der Waals surface area contributed by atoms with E-state index in [1.54, 1.807) is 6.07 Å². The lowest BCUT2D eigenvalue weighted by Gasteiger charge is -2.09. The van der Waals surface area contributed by atoms with Crippen LogP contribution in [0.2, 0.25) is 5.02 Å². The van der Waals surface area contributed by atoms with Crippen molar-refractivity contribution < 1.29 is 12.8 Å². The molecule has 8 heteroatoms. The van der Waals surface area contributed by atoms with Gasteiger partial charge in [0.25, 0.3) is 10.0 Å². The summed E-state index contributed by atoms with van der Waals surface area (Å²) in [7, 11) is -4.01. The lowest BCUT2D eigenvalue weighted by molar-refractivity contribution is 0.570. The lowest BCUT2D eigenvalue weighted by Crippen LogP contribution is -2.14. The van der Waals surface area contributed by atoms with Crippen LogP contribution in [0.1, 0.15) is 0 Å². The fourth-order valence-electron chi connectivity index (χ4n) is 1.46. The Labute approximate surface area is 137 Å². The van der Waals surface area contributed by atoms with E-state index in [4.69, 9.17) is 11.6 Å². The Balaban J connectivity index is 2.38. The molecule has 2 aromatic carbocycles. The molecule has 0 fully saturated rings. The van der Waals surface area contributed by atoms with Gasteiger partial charge in [-0.3, -0.25) is 4.72 Å². The average molecular weight is 444 g/mol. The Kier molecular flexibility index (Phi) is 4.73. The minimum Gasteiger partial charge on any atom is -0.279 e. The summed E-state index contributed by atoms with van der Waals surface area (Å²) < 4.78 is 41.3. The van der Waals surface area contributed by atoms with E-state index in [1.165, 1.54) is 24.3 Å². The molecule has 1 N–H and O–H groups in total. The van der Waals surface area contributed by atoms with Gasteiger partial charge in [0, 0.05) is 8.95 Å². The average Bonchev–Trinajstić information content (AvgIpc) is 2.33. The van der Waals surface area contributed by atoms with Crippen LogP contribution in [0.3, 0.4) is 0 Å². The van der Waals surface area contributed by atoms with Crippen LogP contribution < -0.4 is 4.72 Å². The first-order chi connectivity index (χ1) is 9.29. The zero-order valence-corrected chi connectivity index (χ0v) is 14.4. The van der Waals surface area contributed by atoms with Gasteiger partial charge in [0.1, 0.15) is 10.7 Å². The van der Waals surface area contributed by atoms with Gasteiger partial charge in [-0.05, 0) is 52.3 Å². The van der Waals surface area contributed by atoms with Crippen LogP contribution in [0.4, 0.5) is 10.1 Å². The molecule has 0 aromatic heterocycles. The standard InChI is InChI=1S/C12H7Br2ClFNO2S/c13-7-1-4-12(11(16)5-7)20(18,19)17-8-2-3-9(14)10(15)6-8/h1-6,17H. The molecule has 20 heavy (non-hydrogen) atoms. The number of hydrogen-bond acceptors (Lipinski definition) is 2. The molecule has 0 aliphatic rings. The molecule has 0 spiro atoms. The monoisotopic (exact) mass is 441 g/mol. The molecular formula is C12H7Br2ClFNO2S. The second-order valence-electron chi connectivity index (χ2n) is 3.81. The van der Waals surface area contributed by atoms with Gasteiger partial charge >= 0.3 is 0 Å². The fraction of sp³-hybridized carbons (Fsp3) is 0. The second kappa shape index (κ2) is 6.01. The second-order valence-corrected chi connectivity index (χ2v) is 7.64. The summed E-state index contributed by atoms with van der Waals surface area (Å²) in [5, 5.41) is 0.349. The van der Waals surface area contributed by atoms with Gasteiger partial charge in [-0.25, -0.2) is 12.8 Å². The third-order valence-electron chi connectivity index (χ3n) is 2.36. The summed E-state index contributed by atoms with van der Waals surface area (Å²) in [5.74, 6) is -0.838. The molecule has 0 amide bonds. The molecular weight excluding hydrogens is 436 g/mol. The first-order valence-corrected chi connectivity index (χ1v) is 8.67. The Bertz CT molecular complexity index is 768. The van der Waals surface area contributed by atoms with Crippen LogP contribution in [-0.2, 0) is 10.0 Å². The van der Waals surface area contributed by atoms with E-state index in [9.17, 15) is 12.8 Å². The SMILES string of the molecule is O=S(=O)(Nc1ccc(Br)c(Cl)c1)c1ccc(Br)cc1F. The van der Waals surface area contributed by atoms with Crippen LogP contribution in [0.15, 0.2) is 50.2 Å². The first kappa shape index (κ1) is 15.8. The lowest BCUT2D eigenvalue weighted by atomic mass is 10.3. The van der Waals surface area contributed by atoms with Gasteiger partial charge < -0.3 is 0 Å². The van der Waals surface area contributed by atoms with Gasteiger partial charge in [0.05, 0.1) is 10.7 Å². The highest BCUT2D eigenvalue weighted by atomic mass is 79.9. The molecule has 106 valence electrons. The molecule has 0 saturated carbocycles. The quantitative estimate of drug-likeness (QED) is 0.741. The van der Waals surface area contributed by atoms with Crippen molar-refractivity contribution in [2.24, 2.45) is 0 Å². The molecule has 2 rings (SSSR count). The molecule has 0 atom stereocenters. The van der Waals surface area contributed by atoms with Crippen molar-refractivity contribution in [3.8, 4) is 0 Å². The summed E-state index contributed by atoms with van der Waals surface area (Å²) in [5.41, 5.74) is 0.250. The van der Waals surface area contributed by atoms with Crippen molar-refractivity contribution in [2.45, 2.75) is 4.90 Å². The highest BCUT2D eigenvalue weighted by Crippen LogP contribution is 2.27. The van der Waals surface area contributed by atoms with E-state index in [1.807, 2.05) is 0 Å². The van der Waals surface area contributed by atoms with E-state index in [2.05, 4.69) is 36.6 Å². The predicted molar refractivity (Wildman–Crippen MR) is 84.1 cm³/mol. The predicted octanol–water partition coefficient (Wildman–Crippen LogP) is 4.80. The highest BCUT2D eigenvalue weighted by molar-refractivity contribution is 9.10. The van der Waals surface area contributed by atoms with Crippen LogP contribution in [0.5, 0.6) is 0 Å². The summed E-state index contributed by atoms with van der Waals surface area (Å²) in [4.78, 5) is -0.431. The number of nitrogens with one attached hydrogen (secondary N) is 1. The number of hydrogen-bond donors (Lipinski definition) is 1. The third-order valence-corrected chi connectivity index (χ3v) is 5.50. The Morgan fingerprint density at radius 3 is 2.40 bits per heavy atom. The van der Waals surface area contributed by atoms with Gasteiger partial charge in [-0.1, -0.05) is 27.5 Å². The van der Waals surface area contributed by atoms with Crippen molar-refractivity contribution in [1.82, 2.24) is 0 Å². The van der Waals surface area contributed by atoms with Crippen molar-refractivity contribution in [3.63, 3.8) is 0 Å². The smallest absolute Gasteiger partial charge is 0.264 e. The molecule has 0 aliphatic heterocycles. The van der Waals surface area contributed by atoms with Crippen LogP contribution in [0.25, 0.3) is 0 Å². The third kappa shape index (κ3) is 3.52. The minimum absolute atomic E-state index is 0.250. The van der Waals surface area contributed by atoms with Crippen LogP contribution in [-0.4, -0.2) is 8.42 Å². The highest BCUT2D eigenvalue weighted by Gasteiger charge is 2.19. The molecule has 0 unspecified atom stereocenters. The zero-order chi connectivity index (χ0) is 14.9. The van der Waals surface area contributed by atoms with E-state index in [0.29, 0.717) is 14.0 Å². The van der Waals surface area contributed by atoms with Crippen molar-refractivity contribution >= 4 is 59.2 Å². The molecule has 0 bridgehead atoms. The maximum atomic E-state index is 13.7. The maximum Gasteiger partial charge on any atom is 0.264 e. The molecule has 0 saturated heterocycles. The van der Waals surface area contributed by atoms with E-state index >= 15 is 0 Å². The van der Waals surface area contributed by atoms with Gasteiger partial charge in [-0.2, -0.15) is 0 Å². The van der Waals surface area contributed by atoms with E-state index in [-0.39, 0.29) is 5.69 Å². The van der Waals surface area contributed by atoms with Crippen LogP contribution >= 0.6 is 43.5 Å². The largest absolute Gasteiger partial charge is 0.279 e. The number of sulfonamides is 1. The fourth-order valence-corrected chi connectivity index (χ4v) is 3.33. The number of halogens is 4. The molecule has 0 heterocycles. The summed E-state index contributed by atoms with van der Waals surface area (Å²) in [6.07, 6.45) is 0. The molecule has 0 aliphatic carbocycles. The van der Waals surface area contributed by atoms with Crippen molar-refractivity contribution in [1.29, 1.82) is 0 Å². The first-order valence-electron chi connectivity index (χ1n) is 5.22. The topological polar surface area (TPSA) is 46.2 Å². The molecule has 2 aromatic rings. The Hall–Kier alpha value is -0.630. The normalized spacial score (nSPS) is 11.4. The van der Waals surface area contributed by atoms with E-state index in [0.717, 1.165) is 6.07 Å². The maximum absolute atomic E-state index is 13.7. The van der Waals surface area contributed by atoms with Crippen molar-refractivity contribution in [3.05, 3.63) is 56.2 Å². The summed E-state index contributed by atoms with van der Waals surface area (Å²) in [6, 6.07) is 8.26. The molecule has 0 radical (unpaired) electrons.